The summed E-state index contributed by atoms with van der Waals surface area (Å²) in [7, 11) is -1.61. The van der Waals surface area contributed by atoms with E-state index in [1.165, 1.54) is 5.56 Å². The molecule has 0 saturated carbocycles. The number of ether oxygens (including phenoxy) is 1. The molecule has 0 heterocycles. The molecule has 1 aromatic rings. The monoisotopic (exact) mass is 294 g/mol. The van der Waals surface area contributed by atoms with Crippen molar-refractivity contribution < 1.29 is 9.16 Å². The highest BCUT2D eigenvalue weighted by Gasteiger charge is 2.36. The first kappa shape index (κ1) is 17.4. The lowest BCUT2D eigenvalue weighted by Gasteiger charge is -2.36. The molecule has 1 unspecified atom stereocenters. The van der Waals surface area contributed by atoms with Crippen LogP contribution in [0.15, 0.2) is 30.3 Å². The Bertz CT molecular complexity index is 382. The predicted molar refractivity (Wildman–Crippen MR) is 88.5 cm³/mol. The molecule has 0 N–H and O–H groups in total. The Hall–Kier alpha value is -0.643. The molecular weight excluding hydrogens is 264 g/mol. The first-order valence-corrected chi connectivity index (χ1v) is 10.4. The Morgan fingerprint density at radius 3 is 2.25 bits per heavy atom. The fourth-order valence-corrected chi connectivity index (χ4v) is 2.65. The van der Waals surface area contributed by atoms with E-state index in [1.807, 2.05) is 18.2 Å². The molecule has 0 aromatic heterocycles. The highest BCUT2D eigenvalue weighted by Crippen LogP contribution is 2.36. The van der Waals surface area contributed by atoms with Gasteiger partial charge in [0.15, 0.2) is 8.32 Å². The molecule has 2 nitrogen and oxygen atoms in total. The summed E-state index contributed by atoms with van der Waals surface area (Å²) in [6.07, 6.45) is 1.19. The number of benzene rings is 1. The largest absolute Gasteiger partial charge is 0.417 e. The lowest BCUT2D eigenvalue weighted by atomic mass is 10.2. The lowest BCUT2D eigenvalue weighted by Crippen LogP contribution is -2.41. The van der Waals surface area contributed by atoms with Gasteiger partial charge in [-0.1, -0.05) is 51.1 Å². The number of hydrogen-bond acceptors (Lipinski definition) is 2. The quantitative estimate of drug-likeness (QED) is 0.659. The van der Waals surface area contributed by atoms with Gasteiger partial charge in [0.2, 0.25) is 0 Å². The summed E-state index contributed by atoms with van der Waals surface area (Å²) in [4.78, 5) is 0. The van der Waals surface area contributed by atoms with Crippen LogP contribution in [0.25, 0.3) is 0 Å². The van der Waals surface area contributed by atoms with Crippen molar-refractivity contribution in [3.05, 3.63) is 35.9 Å². The van der Waals surface area contributed by atoms with Crippen molar-refractivity contribution >= 4 is 8.32 Å². The minimum atomic E-state index is -1.61. The van der Waals surface area contributed by atoms with Crippen LogP contribution in [-0.4, -0.2) is 21.0 Å². The fraction of sp³-hybridized carbons (Fsp3) is 0.647. The standard InChI is InChI=1S/C17H30O2Si/c1-15(18-14-16-10-8-7-9-11-16)12-13-19-20(5,6)17(2,3)4/h7-11,15H,12-14H2,1-6H3. The van der Waals surface area contributed by atoms with Gasteiger partial charge in [-0.3, -0.25) is 0 Å². The summed E-state index contributed by atoms with van der Waals surface area (Å²) in [5.41, 5.74) is 1.23. The second kappa shape index (κ2) is 7.39. The van der Waals surface area contributed by atoms with E-state index in [2.05, 4.69) is 52.9 Å². The number of rotatable bonds is 7. The van der Waals surface area contributed by atoms with Gasteiger partial charge in [0.1, 0.15) is 0 Å². The van der Waals surface area contributed by atoms with E-state index in [0.717, 1.165) is 13.0 Å². The maximum Gasteiger partial charge on any atom is 0.191 e. The molecule has 1 aromatic carbocycles. The van der Waals surface area contributed by atoms with Crippen molar-refractivity contribution in [2.45, 2.75) is 65.0 Å². The zero-order valence-electron chi connectivity index (χ0n) is 13.9. The van der Waals surface area contributed by atoms with Crippen molar-refractivity contribution in [1.29, 1.82) is 0 Å². The van der Waals surface area contributed by atoms with Gasteiger partial charge in [0.05, 0.1) is 12.7 Å². The third-order valence-corrected chi connectivity index (χ3v) is 8.71. The fourth-order valence-electron chi connectivity index (χ4n) is 1.59. The molecule has 0 aliphatic rings. The summed E-state index contributed by atoms with van der Waals surface area (Å²) >= 11 is 0. The Morgan fingerprint density at radius 2 is 1.70 bits per heavy atom. The lowest BCUT2D eigenvalue weighted by molar-refractivity contribution is 0.0374. The summed E-state index contributed by atoms with van der Waals surface area (Å²) < 4.78 is 12.0. The predicted octanol–water partition coefficient (Wildman–Crippen LogP) is 5.00. The molecule has 114 valence electrons. The van der Waals surface area contributed by atoms with E-state index in [4.69, 9.17) is 9.16 Å². The molecule has 0 radical (unpaired) electrons. The van der Waals surface area contributed by atoms with E-state index < -0.39 is 8.32 Å². The van der Waals surface area contributed by atoms with E-state index in [9.17, 15) is 0 Å². The van der Waals surface area contributed by atoms with Gasteiger partial charge in [-0.05, 0) is 37.0 Å². The van der Waals surface area contributed by atoms with Gasteiger partial charge in [-0.25, -0.2) is 0 Å². The second-order valence-electron chi connectivity index (χ2n) is 7.00. The van der Waals surface area contributed by atoms with Crippen molar-refractivity contribution in [2.24, 2.45) is 0 Å². The van der Waals surface area contributed by atoms with E-state index in [1.54, 1.807) is 0 Å². The highest BCUT2D eigenvalue weighted by atomic mass is 28.4. The molecule has 1 rings (SSSR count). The molecule has 0 amide bonds. The Morgan fingerprint density at radius 1 is 1.10 bits per heavy atom. The van der Waals surface area contributed by atoms with Gasteiger partial charge in [0.25, 0.3) is 0 Å². The maximum atomic E-state index is 6.18. The summed E-state index contributed by atoms with van der Waals surface area (Å²) in [6, 6.07) is 10.3. The van der Waals surface area contributed by atoms with Gasteiger partial charge in [0, 0.05) is 6.61 Å². The molecule has 3 heteroatoms. The van der Waals surface area contributed by atoms with Gasteiger partial charge < -0.3 is 9.16 Å². The van der Waals surface area contributed by atoms with Crippen LogP contribution in [-0.2, 0) is 15.8 Å². The Kier molecular flexibility index (Phi) is 6.43. The van der Waals surface area contributed by atoms with E-state index >= 15 is 0 Å². The average Bonchev–Trinajstić information content (AvgIpc) is 2.36. The molecule has 0 fully saturated rings. The van der Waals surface area contributed by atoms with Crippen LogP contribution in [0.3, 0.4) is 0 Å². The molecule has 0 saturated heterocycles. The normalized spacial score (nSPS) is 14.3. The average molecular weight is 295 g/mol. The minimum Gasteiger partial charge on any atom is -0.417 e. The van der Waals surface area contributed by atoms with Crippen molar-refractivity contribution in [1.82, 2.24) is 0 Å². The summed E-state index contributed by atoms with van der Waals surface area (Å²) in [5, 5.41) is 0.279. The molecule has 0 aliphatic carbocycles. The van der Waals surface area contributed by atoms with Crippen LogP contribution in [0.5, 0.6) is 0 Å². The van der Waals surface area contributed by atoms with Crippen LogP contribution in [0.2, 0.25) is 18.1 Å². The first-order chi connectivity index (χ1) is 9.22. The van der Waals surface area contributed by atoms with Crippen LogP contribution >= 0.6 is 0 Å². The maximum absolute atomic E-state index is 6.18. The zero-order chi connectivity index (χ0) is 15.2. The van der Waals surface area contributed by atoms with Crippen LogP contribution in [0, 0.1) is 0 Å². The van der Waals surface area contributed by atoms with Gasteiger partial charge >= 0.3 is 0 Å². The molecule has 0 aliphatic heterocycles. The van der Waals surface area contributed by atoms with Gasteiger partial charge in [-0.15, -0.1) is 0 Å². The van der Waals surface area contributed by atoms with Crippen molar-refractivity contribution in [3.63, 3.8) is 0 Å². The van der Waals surface area contributed by atoms with Gasteiger partial charge in [-0.2, -0.15) is 0 Å². The molecule has 0 spiro atoms. The summed E-state index contributed by atoms with van der Waals surface area (Å²) in [6.45, 7) is 15.0. The molecule has 0 bridgehead atoms. The Labute approximate surface area is 125 Å². The molecule has 1 atom stereocenters. The molecular formula is C17H30O2Si. The van der Waals surface area contributed by atoms with Crippen LogP contribution < -0.4 is 0 Å². The SMILES string of the molecule is CC(CCO[Si](C)(C)C(C)(C)C)OCc1ccccc1. The van der Waals surface area contributed by atoms with E-state index in [-0.39, 0.29) is 11.1 Å². The zero-order valence-corrected chi connectivity index (χ0v) is 14.9. The first-order valence-electron chi connectivity index (χ1n) is 7.52. The smallest absolute Gasteiger partial charge is 0.191 e. The van der Waals surface area contributed by atoms with Crippen molar-refractivity contribution in [2.75, 3.05) is 6.61 Å². The van der Waals surface area contributed by atoms with E-state index in [0.29, 0.717) is 6.61 Å². The third-order valence-electron chi connectivity index (χ3n) is 4.17. The third kappa shape index (κ3) is 5.78. The summed E-state index contributed by atoms with van der Waals surface area (Å²) in [5.74, 6) is 0. The van der Waals surface area contributed by atoms with Crippen LogP contribution in [0.1, 0.15) is 39.7 Å². The number of hydrogen-bond donors (Lipinski definition) is 0. The van der Waals surface area contributed by atoms with Crippen molar-refractivity contribution in [3.8, 4) is 0 Å². The Balaban J connectivity index is 2.25. The van der Waals surface area contributed by atoms with Crippen LogP contribution in [0.4, 0.5) is 0 Å². The molecule has 20 heavy (non-hydrogen) atoms. The highest BCUT2D eigenvalue weighted by molar-refractivity contribution is 6.74. The second-order valence-corrected chi connectivity index (χ2v) is 11.8. The minimum absolute atomic E-state index is 0.236. The topological polar surface area (TPSA) is 18.5 Å².